The van der Waals surface area contributed by atoms with Crippen LogP contribution in [0.1, 0.15) is 33.5 Å². The first-order chi connectivity index (χ1) is 11.5. The number of ether oxygens (including phenoxy) is 2. The van der Waals surface area contributed by atoms with Crippen molar-refractivity contribution in [1.82, 2.24) is 0 Å². The van der Waals surface area contributed by atoms with E-state index < -0.39 is 28.9 Å². The molecule has 0 spiro atoms. The fraction of sp³-hybridized carbons (Fsp3) is 0.176. The lowest BCUT2D eigenvalue weighted by Gasteiger charge is -2.31. The van der Waals surface area contributed by atoms with E-state index in [1.807, 2.05) is 0 Å². The highest BCUT2D eigenvalue weighted by atomic mass is 16.6. The second-order valence-corrected chi connectivity index (χ2v) is 5.26. The van der Waals surface area contributed by atoms with Gasteiger partial charge in [0, 0.05) is 12.1 Å². The molecule has 0 saturated heterocycles. The SMILES string of the molecule is COC(=O)[C@@H]1c2ccccc2C(=O)O[C@@H]1c1ccc([N+](=O)[O-])cc1. The molecule has 2 aromatic carbocycles. The maximum absolute atomic E-state index is 12.3. The number of non-ortho nitro benzene ring substituents is 1. The first-order valence-corrected chi connectivity index (χ1v) is 7.15. The minimum atomic E-state index is -0.902. The largest absolute Gasteiger partial charge is 0.468 e. The topological polar surface area (TPSA) is 95.7 Å². The predicted molar refractivity (Wildman–Crippen MR) is 82.5 cm³/mol. The van der Waals surface area contributed by atoms with Crippen LogP contribution in [0.4, 0.5) is 5.69 Å². The van der Waals surface area contributed by atoms with Gasteiger partial charge in [0.25, 0.3) is 5.69 Å². The number of methoxy groups -OCH3 is 1. The minimum absolute atomic E-state index is 0.0871. The molecule has 1 heterocycles. The number of rotatable bonds is 3. The Morgan fingerprint density at radius 3 is 2.46 bits per heavy atom. The molecule has 0 fully saturated rings. The van der Waals surface area contributed by atoms with Crippen LogP contribution in [-0.2, 0) is 14.3 Å². The standard InChI is InChI=1S/C17H13NO6/c1-23-17(20)14-12-4-2-3-5-13(12)16(19)24-15(14)10-6-8-11(9-7-10)18(21)22/h2-9,14-15H,1H3/t14-,15-/m1/s1. The summed E-state index contributed by atoms with van der Waals surface area (Å²) in [6.07, 6.45) is -0.902. The van der Waals surface area contributed by atoms with Crippen LogP contribution in [-0.4, -0.2) is 24.0 Å². The van der Waals surface area contributed by atoms with Crippen LogP contribution in [0.15, 0.2) is 48.5 Å². The molecular weight excluding hydrogens is 314 g/mol. The molecule has 3 rings (SSSR count). The molecule has 1 aliphatic rings. The van der Waals surface area contributed by atoms with Crippen LogP contribution in [0.3, 0.4) is 0 Å². The van der Waals surface area contributed by atoms with E-state index in [0.29, 0.717) is 16.7 Å². The molecule has 2 atom stereocenters. The summed E-state index contributed by atoms with van der Waals surface area (Å²) in [6.45, 7) is 0. The summed E-state index contributed by atoms with van der Waals surface area (Å²) in [5.74, 6) is -1.92. The van der Waals surface area contributed by atoms with Crippen LogP contribution >= 0.6 is 0 Å². The number of cyclic esters (lactones) is 1. The maximum atomic E-state index is 12.3. The van der Waals surface area contributed by atoms with Crippen LogP contribution in [0.25, 0.3) is 0 Å². The maximum Gasteiger partial charge on any atom is 0.339 e. The molecule has 0 saturated carbocycles. The zero-order chi connectivity index (χ0) is 17.3. The lowest BCUT2D eigenvalue weighted by Crippen LogP contribution is -2.31. The summed E-state index contributed by atoms with van der Waals surface area (Å²) < 4.78 is 10.3. The number of carbonyl (C=O) groups excluding carboxylic acids is 2. The Morgan fingerprint density at radius 2 is 1.83 bits per heavy atom. The van der Waals surface area contributed by atoms with E-state index in [1.165, 1.54) is 31.4 Å². The second-order valence-electron chi connectivity index (χ2n) is 5.26. The minimum Gasteiger partial charge on any atom is -0.468 e. The van der Waals surface area contributed by atoms with Crippen molar-refractivity contribution in [3.63, 3.8) is 0 Å². The number of hydrogen-bond donors (Lipinski definition) is 0. The van der Waals surface area contributed by atoms with Crippen LogP contribution in [0, 0.1) is 10.1 Å². The summed E-state index contributed by atoms with van der Waals surface area (Å²) >= 11 is 0. The van der Waals surface area contributed by atoms with Gasteiger partial charge in [0.2, 0.25) is 0 Å². The highest BCUT2D eigenvalue weighted by molar-refractivity contribution is 5.96. The molecule has 0 radical (unpaired) electrons. The zero-order valence-corrected chi connectivity index (χ0v) is 12.7. The Labute approximate surface area is 137 Å². The number of benzene rings is 2. The van der Waals surface area contributed by atoms with Crippen molar-refractivity contribution in [2.45, 2.75) is 12.0 Å². The van der Waals surface area contributed by atoms with Gasteiger partial charge in [0.1, 0.15) is 12.0 Å². The van der Waals surface area contributed by atoms with Gasteiger partial charge in [-0.3, -0.25) is 14.9 Å². The number of fused-ring (bicyclic) bond motifs is 1. The third-order valence-corrected chi connectivity index (χ3v) is 3.94. The van der Waals surface area contributed by atoms with Crippen LogP contribution in [0.5, 0.6) is 0 Å². The third-order valence-electron chi connectivity index (χ3n) is 3.94. The van der Waals surface area contributed by atoms with Gasteiger partial charge >= 0.3 is 11.9 Å². The number of carbonyl (C=O) groups is 2. The summed E-state index contributed by atoms with van der Waals surface area (Å²) in [4.78, 5) is 34.7. The summed E-state index contributed by atoms with van der Waals surface area (Å²) in [7, 11) is 1.26. The number of nitro benzene ring substituents is 1. The van der Waals surface area contributed by atoms with Gasteiger partial charge in [-0.25, -0.2) is 4.79 Å². The number of nitrogens with zero attached hydrogens (tertiary/aromatic N) is 1. The van der Waals surface area contributed by atoms with Gasteiger partial charge < -0.3 is 9.47 Å². The summed E-state index contributed by atoms with van der Waals surface area (Å²) in [5.41, 5.74) is 1.23. The molecule has 0 amide bonds. The van der Waals surface area contributed by atoms with Crippen molar-refractivity contribution in [2.24, 2.45) is 0 Å². The van der Waals surface area contributed by atoms with Gasteiger partial charge in [-0.1, -0.05) is 18.2 Å². The first kappa shape index (κ1) is 15.7. The Morgan fingerprint density at radius 1 is 1.17 bits per heavy atom. The monoisotopic (exact) mass is 327 g/mol. The van der Waals surface area contributed by atoms with E-state index >= 15 is 0 Å². The summed E-state index contributed by atoms with van der Waals surface area (Å²) in [6, 6.07) is 12.2. The van der Waals surface area contributed by atoms with Gasteiger partial charge in [-0.2, -0.15) is 0 Å². The molecule has 7 heteroatoms. The Kier molecular flexibility index (Phi) is 3.99. The molecule has 0 N–H and O–H groups in total. The highest BCUT2D eigenvalue weighted by Gasteiger charge is 2.41. The Bertz CT molecular complexity index is 814. The van der Waals surface area contributed by atoms with Crippen molar-refractivity contribution in [3.05, 3.63) is 75.3 Å². The van der Waals surface area contributed by atoms with Gasteiger partial charge in [0.15, 0.2) is 0 Å². The van der Waals surface area contributed by atoms with Crippen LogP contribution < -0.4 is 0 Å². The summed E-state index contributed by atoms with van der Waals surface area (Å²) in [5, 5.41) is 10.8. The molecule has 24 heavy (non-hydrogen) atoms. The fourth-order valence-corrected chi connectivity index (χ4v) is 2.79. The predicted octanol–water partition coefficient (Wildman–Crippen LogP) is 2.76. The average Bonchev–Trinajstić information content (AvgIpc) is 2.61. The Hall–Kier alpha value is -3.22. The fourth-order valence-electron chi connectivity index (χ4n) is 2.79. The third kappa shape index (κ3) is 2.60. The van der Waals surface area contributed by atoms with Crippen molar-refractivity contribution in [1.29, 1.82) is 0 Å². The van der Waals surface area contributed by atoms with E-state index in [1.54, 1.807) is 24.3 Å². The lowest BCUT2D eigenvalue weighted by molar-refractivity contribution is -0.384. The molecule has 1 aliphatic heterocycles. The number of esters is 2. The molecule has 2 aromatic rings. The molecule has 0 unspecified atom stereocenters. The highest BCUT2D eigenvalue weighted by Crippen LogP contribution is 2.41. The second kappa shape index (κ2) is 6.11. The van der Waals surface area contributed by atoms with E-state index in [4.69, 9.17) is 9.47 Å². The smallest absolute Gasteiger partial charge is 0.339 e. The lowest BCUT2D eigenvalue weighted by atomic mass is 9.84. The van der Waals surface area contributed by atoms with E-state index in [0.717, 1.165) is 0 Å². The normalized spacial score (nSPS) is 19.1. The zero-order valence-electron chi connectivity index (χ0n) is 12.7. The van der Waals surface area contributed by atoms with Crippen molar-refractivity contribution < 1.29 is 24.0 Å². The molecule has 0 aromatic heterocycles. The number of hydrogen-bond acceptors (Lipinski definition) is 6. The molecule has 122 valence electrons. The molecule has 0 bridgehead atoms. The van der Waals surface area contributed by atoms with E-state index in [2.05, 4.69) is 0 Å². The molecular formula is C17H13NO6. The first-order valence-electron chi connectivity index (χ1n) is 7.15. The quantitative estimate of drug-likeness (QED) is 0.488. The average molecular weight is 327 g/mol. The van der Waals surface area contributed by atoms with Crippen molar-refractivity contribution in [2.75, 3.05) is 7.11 Å². The van der Waals surface area contributed by atoms with Gasteiger partial charge in [-0.15, -0.1) is 0 Å². The van der Waals surface area contributed by atoms with Crippen molar-refractivity contribution in [3.8, 4) is 0 Å². The van der Waals surface area contributed by atoms with E-state index in [-0.39, 0.29) is 5.69 Å². The van der Waals surface area contributed by atoms with Crippen LogP contribution in [0.2, 0.25) is 0 Å². The van der Waals surface area contributed by atoms with Gasteiger partial charge in [0.05, 0.1) is 17.6 Å². The molecule has 0 aliphatic carbocycles. The van der Waals surface area contributed by atoms with E-state index in [9.17, 15) is 19.7 Å². The Balaban J connectivity index is 2.07. The van der Waals surface area contributed by atoms with Gasteiger partial charge in [-0.05, 0) is 29.3 Å². The number of nitro groups is 1. The van der Waals surface area contributed by atoms with Crippen molar-refractivity contribution >= 4 is 17.6 Å². The molecule has 7 nitrogen and oxygen atoms in total.